The molecule has 0 bridgehead atoms. The molecule has 0 saturated carbocycles. The molecule has 0 aliphatic carbocycles. The van der Waals surface area contributed by atoms with Crippen LogP contribution in [0.25, 0.3) is 11.4 Å². The van der Waals surface area contributed by atoms with E-state index in [1.807, 2.05) is 43.4 Å². The molecule has 0 saturated heterocycles. The van der Waals surface area contributed by atoms with Crippen LogP contribution in [0.3, 0.4) is 0 Å². The van der Waals surface area contributed by atoms with Gasteiger partial charge in [-0.2, -0.15) is 0 Å². The first-order chi connectivity index (χ1) is 9.74. The summed E-state index contributed by atoms with van der Waals surface area (Å²) < 4.78 is 5.94. The Morgan fingerprint density at radius 2 is 2.00 bits per heavy atom. The van der Waals surface area contributed by atoms with E-state index < -0.39 is 0 Å². The Morgan fingerprint density at radius 3 is 2.57 bits per heavy atom. The molecule has 2 aromatic rings. The fourth-order valence-corrected chi connectivity index (χ4v) is 3.17. The lowest BCUT2D eigenvalue weighted by molar-refractivity contribution is 0.416. The number of nitrogens with zero attached hydrogens (tertiary/aromatic N) is 1. The van der Waals surface area contributed by atoms with E-state index in [-0.39, 0.29) is 11.0 Å². The molecule has 2 rings (SSSR count). The minimum absolute atomic E-state index is 0.150. The molecule has 21 heavy (non-hydrogen) atoms. The molecule has 0 spiro atoms. The Kier molecular flexibility index (Phi) is 4.63. The van der Waals surface area contributed by atoms with Crippen LogP contribution in [0.5, 0.6) is 5.75 Å². The van der Waals surface area contributed by atoms with Crippen LogP contribution in [0.1, 0.15) is 26.5 Å². The number of methoxy groups -OCH3 is 1. The number of halogens is 2. The van der Waals surface area contributed by atoms with E-state index >= 15 is 0 Å². The van der Waals surface area contributed by atoms with Gasteiger partial charge in [0.2, 0.25) is 0 Å². The van der Waals surface area contributed by atoms with Crippen molar-refractivity contribution in [3.8, 4) is 17.1 Å². The van der Waals surface area contributed by atoms with Crippen LogP contribution in [0.4, 0.5) is 0 Å². The minimum atomic E-state index is -0.223. The standard InChI is InChI=1S/C15H16ClIN2O2/c1-15(2,3)12-11(17)14(20)19-13(18-12)9-6-5-8(16)7-10(9)21-4/h5-7H,1-4H3,(H,18,19,20). The highest BCUT2D eigenvalue weighted by Crippen LogP contribution is 2.31. The van der Waals surface area contributed by atoms with Crippen molar-refractivity contribution < 1.29 is 4.74 Å². The molecule has 1 aromatic carbocycles. The van der Waals surface area contributed by atoms with Gasteiger partial charge in [-0.1, -0.05) is 32.4 Å². The molecule has 0 unspecified atom stereocenters. The number of hydrogen-bond donors (Lipinski definition) is 1. The van der Waals surface area contributed by atoms with Crippen molar-refractivity contribution >= 4 is 34.2 Å². The van der Waals surface area contributed by atoms with Crippen molar-refractivity contribution in [1.82, 2.24) is 9.97 Å². The minimum Gasteiger partial charge on any atom is -0.496 e. The van der Waals surface area contributed by atoms with E-state index in [9.17, 15) is 4.79 Å². The first kappa shape index (κ1) is 16.3. The summed E-state index contributed by atoms with van der Waals surface area (Å²) in [4.78, 5) is 19.6. The number of ether oxygens (including phenoxy) is 1. The van der Waals surface area contributed by atoms with Gasteiger partial charge in [0.25, 0.3) is 5.56 Å². The van der Waals surface area contributed by atoms with Gasteiger partial charge in [0.1, 0.15) is 15.1 Å². The topological polar surface area (TPSA) is 55.0 Å². The zero-order chi connectivity index (χ0) is 15.8. The van der Waals surface area contributed by atoms with Crippen LogP contribution in [-0.4, -0.2) is 17.1 Å². The van der Waals surface area contributed by atoms with Gasteiger partial charge in [-0.25, -0.2) is 4.98 Å². The second-order valence-corrected chi connectivity index (χ2v) is 7.19. The molecule has 0 amide bonds. The van der Waals surface area contributed by atoms with Crippen molar-refractivity contribution in [2.24, 2.45) is 0 Å². The highest BCUT2D eigenvalue weighted by molar-refractivity contribution is 14.1. The first-order valence-corrected chi connectivity index (χ1v) is 7.84. The van der Waals surface area contributed by atoms with E-state index in [0.29, 0.717) is 25.7 Å². The van der Waals surface area contributed by atoms with Crippen LogP contribution in [0, 0.1) is 3.57 Å². The Morgan fingerprint density at radius 1 is 1.33 bits per heavy atom. The predicted molar refractivity (Wildman–Crippen MR) is 93.3 cm³/mol. The van der Waals surface area contributed by atoms with Crippen molar-refractivity contribution in [3.05, 3.63) is 42.8 Å². The monoisotopic (exact) mass is 418 g/mol. The molecule has 0 atom stereocenters. The van der Waals surface area contributed by atoms with E-state index in [1.165, 1.54) is 0 Å². The molecular formula is C15H16ClIN2O2. The third kappa shape index (κ3) is 3.40. The van der Waals surface area contributed by atoms with Crippen LogP contribution in [-0.2, 0) is 5.41 Å². The van der Waals surface area contributed by atoms with Gasteiger partial charge in [-0.3, -0.25) is 4.79 Å². The summed E-state index contributed by atoms with van der Waals surface area (Å²) in [5.41, 5.74) is 1.10. The van der Waals surface area contributed by atoms with Gasteiger partial charge in [0.05, 0.1) is 18.4 Å². The van der Waals surface area contributed by atoms with Crippen LogP contribution < -0.4 is 10.3 Å². The normalized spacial score (nSPS) is 11.5. The second kappa shape index (κ2) is 5.96. The lowest BCUT2D eigenvalue weighted by Gasteiger charge is -2.20. The number of rotatable bonds is 2. The summed E-state index contributed by atoms with van der Waals surface area (Å²) in [6, 6.07) is 5.23. The fourth-order valence-electron chi connectivity index (χ4n) is 1.94. The zero-order valence-corrected chi connectivity index (χ0v) is 15.2. The summed E-state index contributed by atoms with van der Waals surface area (Å²) in [5, 5.41) is 0.569. The van der Waals surface area contributed by atoms with Crippen LogP contribution in [0.2, 0.25) is 5.02 Å². The average molecular weight is 419 g/mol. The Balaban J connectivity index is 2.71. The number of H-pyrrole nitrogens is 1. The molecule has 0 aliphatic heterocycles. The number of benzene rings is 1. The molecule has 1 N–H and O–H groups in total. The third-order valence-corrected chi connectivity index (χ3v) is 4.23. The average Bonchev–Trinajstić information content (AvgIpc) is 2.40. The Hall–Kier alpha value is -1.08. The maximum Gasteiger partial charge on any atom is 0.264 e. The predicted octanol–water partition coefficient (Wildman–Crippen LogP) is 4.00. The lowest BCUT2D eigenvalue weighted by Crippen LogP contribution is -2.24. The molecule has 1 aromatic heterocycles. The summed E-state index contributed by atoms with van der Waals surface area (Å²) >= 11 is 8.00. The van der Waals surface area contributed by atoms with E-state index in [1.54, 1.807) is 25.3 Å². The number of hydrogen-bond acceptors (Lipinski definition) is 3. The number of nitrogens with one attached hydrogen (secondary N) is 1. The molecular weight excluding hydrogens is 403 g/mol. The molecule has 0 aliphatic rings. The summed E-state index contributed by atoms with van der Waals surface area (Å²) in [6.07, 6.45) is 0. The largest absolute Gasteiger partial charge is 0.496 e. The van der Waals surface area contributed by atoms with E-state index in [4.69, 9.17) is 16.3 Å². The lowest BCUT2D eigenvalue weighted by atomic mass is 9.92. The smallest absolute Gasteiger partial charge is 0.264 e. The molecule has 1 heterocycles. The highest BCUT2D eigenvalue weighted by Gasteiger charge is 2.23. The van der Waals surface area contributed by atoms with Gasteiger partial charge < -0.3 is 9.72 Å². The first-order valence-electron chi connectivity index (χ1n) is 6.38. The Labute approximate surface area is 142 Å². The van der Waals surface area contributed by atoms with E-state index in [2.05, 4.69) is 9.97 Å². The van der Waals surface area contributed by atoms with Gasteiger partial charge >= 0.3 is 0 Å². The van der Waals surface area contributed by atoms with Crippen LogP contribution in [0.15, 0.2) is 23.0 Å². The van der Waals surface area contributed by atoms with Gasteiger partial charge in [-0.05, 0) is 40.8 Å². The SMILES string of the molecule is COc1cc(Cl)ccc1-c1nc(C(C)(C)C)c(I)c(=O)[nH]1. The third-order valence-electron chi connectivity index (χ3n) is 2.99. The van der Waals surface area contributed by atoms with Crippen molar-refractivity contribution in [2.45, 2.75) is 26.2 Å². The van der Waals surface area contributed by atoms with Crippen molar-refractivity contribution in [3.63, 3.8) is 0 Å². The maximum absolute atomic E-state index is 12.2. The zero-order valence-electron chi connectivity index (χ0n) is 12.3. The second-order valence-electron chi connectivity index (χ2n) is 5.67. The Bertz CT molecular complexity index is 735. The van der Waals surface area contributed by atoms with Gasteiger partial charge in [0, 0.05) is 10.4 Å². The number of aromatic amines is 1. The summed E-state index contributed by atoms with van der Waals surface area (Å²) in [6.45, 7) is 6.08. The quantitative estimate of drug-likeness (QED) is 0.750. The maximum atomic E-state index is 12.2. The highest BCUT2D eigenvalue weighted by atomic mass is 127. The van der Waals surface area contributed by atoms with Gasteiger partial charge in [-0.15, -0.1) is 0 Å². The molecule has 112 valence electrons. The number of aromatic nitrogens is 2. The van der Waals surface area contributed by atoms with Gasteiger partial charge in [0.15, 0.2) is 0 Å². The van der Waals surface area contributed by atoms with Crippen molar-refractivity contribution in [1.29, 1.82) is 0 Å². The van der Waals surface area contributed by atoms with E-state index in [0.717, 1.165) is 5.69 Å². The summed E-state index contributed by atoms with van der Waals surface area (Å²) in [7, 11) is 1.56. The molecule has 0 fully saturated rings. The van der Waals surface area contributed by atoms with Crippen molar-refractivity contribution in [2.75, 3.05) is 7.11 Å². The van der Waals surface area contributed by atoms with Crippen LogP contribution >= 0.6 is 34.2 Å². The fraction of sp³-hybridized carbons (Fsp3) is 0.333. The molecule has 4 nitrogen and oxygen atoms in total. The summed E-state index contributed by atoms with van der Waals surface area (Å²) in [5.74, 6) is 1.06. The molecule has 6 heteroatoms. The molecule has 0 radical (unpaired) electrons.